The first-order chi connectivity index (χ1) is 10.8. The number of hydrogen-bond donors (Lipinski definition) is 0. The van der Waals surface area contributed by atoms with Gasteiger partial charge in [-0.3, -0.25) is 4.79 Å². The van der Waals surface area contributed by atoms with Crippen molar-refractivity contribution in [1.82, 2.24) is 4.90 Å². The fraction of sp³-hybridized carbons (Fsp3) is 0.167. The molecule has 112 valence electrons. The maximum atomic E-state index is 12.2. The molecule has 0 aliphatic carbocycles. The minimum atomic E-state index is 0.127. The van der Waals surface area contributed by atoms with E-state index in [1.54, 1.807) is 7.11 Å². The van der Waals surface area contributed by atoms with E-state index in [2.05, 4.69) is 4.90 Å². The Morgan fingerprint density at radius 3 is 2.45 bits per heavy atom. The molecule has 0 atom stereocenters. The predicted molar refractivity (Wildman–Crippen MR) is 87.0 cm³/mol. The number of methoxy groups -OCH3 is 1. The molecule has 0 radical (unpaired) electrons. The van der Waals surface area contributed by atoms with Crippen LogP contribution in [0.3, 0.4) is 0 Å². The molecule has 2 aromatic carbocycles. The van der Waals surface area contributed by atoms with E-state index in [0.717, 1.165) is 17.0 Å². The van der Waals surface area contributed by atoms with Gasteiger partial charge in [0.1, 0.15) is 5.75 Å². The first-order valence-corrected chi connectivity index (χ1v) is 7.17. The zero-order chi connectivity index (χ0) is 15.4. The van der Waals surface area contributed by atoms with Gasteiger partial charge in [0, 0.05) is 23.7 Å². The van der Waals surface area contributed by atoms with Crippen molar-refractivity contribution in [1.29, 1.82) is 0 Å². The second kappa shape index (κ2) is 6.35. The Bertz CT molecular complexity index is 665. The molecule has 0 fully saturated rings. The van der Waals surface area contributed by atoms with E-state index in [1.165, 1.54) is 0 Å². The average molecular weight is 294 g/mol. The van der Waals surface area contributed by atoms with Crippen molar-refractivity contribution in [2.24, 2.45) is 0 Å². The van der Waals surface area contributed by atoms with Crippen LogP contribution in [0.15, 0.2) is 67.0 Å². The van der Waals surface area contributed by atoms with Gasteiger partial charge >= 0.3 is 0 Å². The Kier molecular flexibility index (Phi) is 4.10. The fourth-order valence-electron chi connectivity index (χ4n) is 2.41. The topological polar surface area (TPSA) is 32.8 Å². The minimum Gasteiger partial charge on any atom is -0.497 e. The molecule has 22 heavy (non-hydrogen) atoms. The highest BCUT2D eigenvalue weighted by Crippen LogP contribution is 2.22. The number of ether oxygens (including phenoxy) is 1. The molecular weight excluding hydrogens is 276 g/mol. The van der Waals surface area contributed by atoms with Crippen LogP contribution < -0.4 is 9.64 Å². The van der Waals surface area contributed by atoms with E-state index in [4.69, 9.17) is 4.74 Å². The summed E-state index contributed by atoms with van der Waals surface area (Å²) >= 11 is 0. The number of ketones is 1. The summed E-state index contributed by atoms with van der Waals surface area (Å²) in [4.78, 5) is 16.3. The third kappa shape index (κ3) is 3.11. The number of carbonyl (C=O) groups is 1. The Balaban J connectivity index is 1.60. The number of rotatable bonds is 5. The van der Waals surface area contributed by atoms with E-state index in [0.29, 0.717) is 13.2 Å². The Hall–Kier alpha value is -2.75. The molecule has 0 amide bonds. The quantitative estimate of drug-likeness (QED) is 0.793. The third-order valence-corrected chi connectivity index (χ3v) is 3.64. The van der Waals surface area contributed by atoms with Gasteiger partial charge in [-0.1, -0.05) is 30.3 Å². The van der Waals surface area contributed by atoms with Crippen LogP contribution in [0.1, 0.15) is 10.4 Å². The number of benzene rings is 2. The fourth-order valence-corrected chi connectivity index (χ4v) is 2.41. The zero-order valence-electron chi connectivity index (χ0n) is 12.5. The minimum absolute atomic E-state index is 0.127. The van der Waals surface area contributed by atoms with Crippen molar-refractivity contribution in [3.8, 4) is 5.75 Å². The van der Waals surface area contributed by atoms with Crippen LogP contribution in [-0.2, 0) is 0 Å². The third-order valence-electron chi connectivity index (χ3n) is 3.64. The molecule has 1 aliphatic rings. The summed E-state index contributed by atoms with van der Waals surface area (Å²) in [6, 6.07) is 17.3. The van der Waals surface area contributed by atoms with Crippen molar-refractivity contribution in [3.05, 3.63) is 72.6 Å². The summed E-state index contributed by atoms with van der Waals surface area (Å²) in [6.07, 6.45) is 3.94. The molecule has 0 spiro atoms. The molecule has 0 aromatic heterocycles. The molecule has 4 heteroatoms. The lowest BCUT2D eigenvalue weighted by atomic mass is 10.1. The maximum absolute atomic E-state index is 12.2. The van der Waals surface area contributed by atoms with Crippen LogP contribution in [0.5, 0.6) is 5.75 Å². The summed E-state index contributed by atoms with van der Waals surface area (Å²) in [6.45, 7) is 1.05. The van der Waals surface area contributed by atoms with Gasteiger partial charge < -0.3 is 14.5 Å². The van der Waals surface area contributed by atoms with Gasteiger partial charge in [0.2, 0.25) is 0 Å². The van der Waals surface area contributed by atoms with Gasteiger partial charge in [-0.25, -0.2) is 0 Å². The van der Waals surface area contributed by atoms with Gasteiger partial charge in [-0.05, 0) is 24.3 Å². The maximum Gasteiger partial charge on any atom is 0.182 e. The molecule has 2 aromatic rings. The van der Waals surface area contributed by atoms with E-state index < -0.39 is 0 Å². The van der Waals surface area contributed by atoms with Crippen LogP contribution >= 0.6 is 0 Å². The SMILES string of the molecule is COc1ccc(N2C=CN(CC(=O)c3ccccc3)C2)cc1. The Morgan fingerprint density at radius 1 is 1.05 bits per heavy atom. The number of anilines is 1. The molecule has 0 unspecified atom stereocenters. The lowest BCUT2D eigenvalue weighted by molar-refractivity contribution is 0.0959. The van der Waals surface area contributed by atoms with E-state index >= 15 is 0 Å². The highest BCUT2D eigenvalue weighted by atomic mass is 16.5. The number of Topliss-reactive ketones (excluding diaryl/α,β-unsaturated/α-hetero) is 1. The van der Waals surface area contributed by atoms with Crippen LogP contribution in [0.4, 0.5) is 5.69 Å². The van der Waals surface area contributed by atoms with Gasteiger partial charge in [0.05, 0.1) is 20.3 Å². The molecule has 0 bridgehead atoms. The Labute approximate surface area is 130 Å². The standard InChI is InChI=1S/C18H18N2O2/c1-22-17-9-7-16(8-10-17)20-12-11-19(14-20)13-18(21)15-5-3-2-4-6-15/h2-12H,13-14H2,1H3. The van der Waals surface area contributed by atoms with Crippen LogP contribution in [0.2, 0.25) is 0 Å². The van der Waals surface area contributed by atoms with Crippen LogP contribution in [0, 0.1) is 0 Å². The van der Waals surface area contributed by atoms with Crippen molar-refractivity contribution in [2.45, 2.75) is 0 Å². The van der Waals surface area contributed by atoms with Crippen LogP contribution in [0.25, 0.3) is 0 Å². The number of hydrogen-bond acceptors (Lipinski definition) is 4. The monoisotopic (exact) mass is 294 g/mol. The highest BCUT2D eigenvalue weighted by molar-refractivity contribution is 5.97. The summed E-state index contributed by atoms with van der Waals surface area (Å²) < 4.78 is 5.16. The molecule has 4 nitrogen and oxygen atoms in total. The van der Waals surface area contributed by atoms with Crippen molar-refractivity contribution < 1.29 is 9.53 Å². The summed E-state index contributed by atoms with van der Waals surface area (Å²) in [7, 11) is 1.65. The zero-order valence-corrected chi connectivity index (χ0v) is 12.5. The predicted octanol–water partition coefficient (Wildman–Crippen LogP) is 3.13. The second-order valence-electron chi connectivity index (χ2n) is 5.14. The molecule has 1 heterocycles. The first-order valence-electron chi connectivity index (χ1n) is 7.17. The summed E-state index contributed by atoms with van der Waals surface area (Å²) in [5, 5.41) is 0. The lowest BCUT2D eigenvalue weighted by Crippen LogP contribution is -2.29. The normalized spacial score (nSPS) is 13.5. The summed E-state index contributed by atoms with van der Waals surface area (Å²) in [5.74, 6) is 0.963. The smallest absolute Gasteiger partial charge is 0.182 e. The summed E-state index contributed by atoms with van der Waals surface area (Å²) in [5.41, 5.74) is 1.82. The van der Waals surface area contributed by atoms with Crippen molar-refractivity contribution in [2.75, 3.05) is 25.2 Å². The van der Waals surface area contributed by atoms with Crippen molar-refractivity contribution >= 4 is 11.5 Å². The van der Waals surface area contributed by atoms with Gasteiger partial charge in [-0.15, -0.1) is 0 Å². The highest BCUT2D eigenvalue weighted by Gasteiger charge is 2.17. The molecule has 0 saturated heterocycles. The molecule has 0 saturated carbocycles. The number of carbonyl (C=O) groups excluding carboxylic acids is 1. The van der Waals surface area contributed by atoms with Gasteiger partial charge in [-0.2, -0.15) is 0 Å². The Morgan fingerprint density at radius 2 is 1.77 bits per heavy atom. The van der Waals surface area contributed by atoms with Crippen molar-refractivity contribution in [3.63, 3.8) is 0 Å². The van der Waals surface area contributed by atoms with Gasteiger partial charge in [0.15, 0.2) is 5.78 Å². The molecule has 1 aliphatic heterocycles. The van der Waals surface area contributed by atoms with Crippen LogP contribution in [-0.4, -0.2) is 31.0 Å². The number of nitrogens with zero attached hydrogens (tertiary/aromatic N) is 2. The van der Waals surface area contributed by atoms with E-state index in [-0.39, 0.29) is 5.78 Å². The lowest BCUT2D eigenvalue weighted by Gasteiger charge is -2.21. The van der Waals surface area contributed by atoms with E-state index in [1.807, 2.05) is 71.9 Å². The van der Waals surface area contributed by atoms with Gasteiger partial charge in [0.25, 0.3) is 0 Å². The van der Waals surface area contributed by atoms with E-state index in [9.17, 15) is 4.79 Å². The molecule has 0 N–H and O–H groups in total. The largest absolute Gasteiger partial charge is 0.497 e. The first kappa shape index (κ1) is 14.2. The average Bonchev–Trinajstić information content (AvgIpc) is 3.04. The molecular formula is C18H18N2O2. The molecule has 3 rings (SSSR count). The second-order valence-corrected chi connectivity index (χ2v) is 5.14.